The molecule has 0 spiro atoms. The van der Waals surface area contributed by atoms with Gasteiger partial charge in [-0.1, -0.05) is 51.0 Å². The number of hydrogen-bond acceptors (Lipinski definition) is 1. The Labute approximate surface area is 117 Å². The van der Waals surface area contributed by atoms with Gasteiger partial charge >= 0.3 is 0 Å². The molecule has 0 N–H and O–H groups in total. The van der Waals surface area contributed by atoms with Crippen LogP contribution in [0.15, 0.2) is 24.3 Å². The quantitative estimate of drug-likeness (QED) is 0.655. The maximum Gasteiger partial charge on any atom is 0.0693 e. The smallest absolute Gasteiger partial charge is 0.0693 e. The Kier molecular flexibility index (Phi) is 4.64. The molecule has 1 aromatic carbocycles. The molecule has 1 saturated carbocycles. The molecule has 0 amide bonds. The van der Waals surface area contributed by atoms with Gasteiger partial charge in [-0.05, 0) is 49.1 Å². The summed E-state index contributed by atoms with van der Waals surface area (Å²) in [5.41, 5.74) is 2.69. The van der Waals surface area contributed by atoms with Crippen LogP contribution < -0.4 is 0 Å². The summed E-state index contributed by atoms with van der Waals surface area (Å²) < 4.78 is 0. The highest BCUT2D eigenvalue weighted by Crippen LogP contribution is 2.41. The highest BCUT2D eigenvalue weighted by Gasteiger charge is 2.29. The molecule has 0 heterocycles. The van der Waals surface area contributed by atoms with Crippen LogP contribution in [0.2, 0.25) is 0 Å². The van der Waals surface area contributed by atoms with Crippen LogP contribution in [0.3, 0.4) is 0 Å². The first kappa shape index (κ1) is 14.1. The monoisotopic (exact) mass is 255 g/mol. The number of nitrogens with zero attached hydrogens (tertiary/aromatic N) is 1. The summed E-state index contributed by atoms with van der Waals surface area (Å²) in [5.74, 6) is 0.800. The van der Waals surface area contributed by atoms with E-state index < -0.39 is 0 Å². The molecule has 1 fully saturated rings. The van der Waals surface area contributed by atoms with Gasteiger partial charge in [0.05, 0.1) is 11.5 Å². The first-order chi connectivity index (χ1) is 9.23. The van der Waals surface area contributed by atoms with Crippen molar-refractivity contribution in [1.82, 2.24) is 0 Å². The van der Waals surface area contributed by atoms with Gasteiger partial charge in [0.25, 0.3) is 0 Å². The zero-order valence-electron chi connectivity index (χ0n) is 12.3. The number of hydrogen-bond donors (Lipinski definition) is 0. The second-order valence-electron chi connectivity index (χ2n) is 6.09. The largest absolute Gasteiger partial charge is 0.198 e. The molecular weight excluding hydrogens is 230 g/mol. The normalized spacial score (nSPS) is 15.2. The molecule has 102 valence electrons. The zero-order valence-corrected chi connectivity index (χ0v) is 12.3. The van der Waals surface area contributed by atoms with Crippen LogP contribution in [-0.2, 0) is 6.42 Å². The Morgan fingerprint density at radius 2 is 1.89 bits per heavy atom. The summed E-state index contributed by atoms with van der Waals surface area (Å²) in [6.45, 7) is 4.37. The van der Waals surface area contributed by atoms with E-state index in [9.17, 15) is 5.26 Å². The van der Waals surface area contributed by atoms with E-state index in [4.69, 9.17) is 0 Å². The van der Waals surface area contributed by atoms with Gasteiger partial charge in [-0.2, -0.15) is 5.26 Å². The van der Waals surface area contributed by atoms with E-state index in [0.29, 0.717) is 0 Å². The van der Waals surface area contributed by atoms with E-state index >= 15 is 0 Å². The van der Waals surface area contributed by atoms with Crippen molar-refractivity contribution in [2.24, 2.45) is 5.41 Å². The van der Waals surface area contributed by atoms with Crippen molar-refractivity contribution in [1.29, 1.82) is 5.26 Å². The van der Waals surface area contributed by atoms with E-state index in [0.717, 1.165) is 38.0 Å². The molecule has 19 heavy (non-hydrogen) atoms. The topological polar surface area (TPSA) is 23.8 Å². The summed E-state index contributed by atoms with van der Waals surface area (Å²) in [4.78, 5) is 0. The SMILES string of the molecule is CCCC(C#N)(CCC)Cc1cccc(C2CC2)c1. The lowest BCUT2D eigenvalue weighted by atomic mass is 9.75. The van der Waals surface area contributed by atoms with E-state index in [1.165, 1.54) is 24.0 Å². The molecule has 0 aromatic heterocycles. The minimum absolute atomic E-state index is 0.147. The maximum atomic E-state index is 9.64. The van der Waals surface area contributed by atoms with Crippen molar-refractivity contribution in [3.05, 3.63) is 35.4 Å². The van der Waals surface area contributed by atoms with Gasteiger partial charge in [-0.25, -0.2) is 0 Å². The second kappa shape index (κ2) is 6.24. The third-order valence-corrected chi connectivity index (χ3v) is 4.24. The van der Waals surface area contributed by atoms with Crippen LogP contribution >= 0.6 is 0 Å². The first-order valence-electron chi connectivity index (χ1n) is 7.73. The highest BCUT2D eigenvalue weighted by atomic mass is 14.4. The maximum absolute atomic E-state index is 9.64. The van der Waals surface area contributed by atoms with Crippen LogP contribution in [0.1, 0.15) is 69.4 Å². The summed E-state index contributed by atoms with van der Waals surface area (Å²) in [6.07, 6.45) is 7.83. The molecule has 0 radical (unpaired) electrons. The van der Waals surface area contributed by atoms with Crippen molar-refractivity contribution in [2.75, 3.05) is 0 Å². The van der Waals surface area contributed by atoms with Crippen LogP contribution in [0.4, 0.5) is 0 Å². The predicted molar refractivity (Wildman–Crippen MR) is 80.0 cm³/mol. The average Bonchev–Trinajstić information content (AvgIpc) is 3.24. The lowest BCUT2D eigenvalue weighted by Gasteiger charge is -2.26. The number of rotatable bonds is 7. The minimum atomic E-state index is -0.147. The third kappa shape index (κ3) is 3.60. The summed E-state index contributed by atoms with van der Waals surface area (Å²) in [7, 11) is 0. The minimum Gasteiger partial charge on any atom is -0.198 e. The molecule has 0 aliphatic heterocycles. The number of nitriles is 1. The molecule has 0 unspecified atom stereocenters. The van der Waals surface area contributed by atoms with Gasteiger partial charge < -0.3 is 0 Å². The summed E-state index contributed by atoms with van der Waals surface area (Å²) >= 11 is 0. The molecule has 1 aromatic rings. The first-order valence-corrected chi connectivity index (χ1v) is 7.73. The van der Waals surface area contributed by atoms with Crippen LogP contribution in [-0.4, -0.2) is 0 Å². The number of benzene rings is 1. The van der Waals surface area contributed by atoms with Gasteiger partial charge in [-0.3, -0.25) is 0 Å². The summed E-state index contributed by atoms with van der Waals surface area (Å²) in [6, 6.07) is 11.6. The molecular formula is C18H25N. The Morgan fingerprint density at radius 1 is 1.21 bits per heavy atom. The highest BCUT2D eigenvalue weighted by molar-refractivity contribution is 5.30. The Morgan fingerprint density at radius 3 is 2.42 bits per heavy atom. The van der Waals surface area contributed by atoms with Crippen molar-refractivity contribution in [3.63, 3.8) is 0 Å². The molecule has 0 atom stereocenters. The van der Waals surface area contributed by atoms with Crippen molar-refractivity contribution < 1.29 is 0 Å². The fraction of sp³-hybridized carbons (Fsp3) is 0.611. The van der Waals surface area contributed by atoms with Crippen molar-refractivity contribution >= 4 is 0 Å². The van der Waals surface area contributed by atoms with Gasteiger partial charge in [0, 0.05) is 0 Å². The van der Waals surface area contributed by atoms with E-state index in [-0.39, 0.29) is 5.41 Å². The summed E-state index contributed by atoms with van der Waals surface area (Å²) in [5, 5.41) is 9.64. The Balaban J connectivity index is 2.15. The third-order valence-electron chi connectivity index (χ3n) is 4.24. The molecule has 2 rings (SSSR count). The Bertz CT molecular complexity index is 445. The average molecular weight is 255 g/mol. The molecule has 0 bridgehead atoms. The fourth-order valence-electron chi connectivity index (χ4n) is 3.17. The van der Waals surface area contributed by atoms with Crippen LogP contribution in [0.25, 0.3) is 0 Å². The predicted octanol–water partition coefficient (Wildman–Crippen LogP) is 5.22. The van der Waals surface area contributed by atoms with Gasteiger partial charge in [0.2, 0.25) is 0 Å². The van der Waals surface area contributed by atoms with Crippen LogP contribution in [0, 0.1) is 16.7 Å². The van der Waals surface area contributed by atoms with E-state index in [1.54, 1.807) is 0 Å². The molecule has 1 aliphatic carbocycles. The van der Waals surface area contributed by atoms with Crippen molar-refractivity contribution in [3.8, 4) is 6.07 Å². The van der Waals surface area contributed by atoms with E-state index in [2.05, 4.69) is 44.2 Å². The van der Waals surface area contributed by atoms with Crippen LogP contribution in [0.5, 0.6) is 0 Å². The lowest BCUT2D eigenvalue weighted by molar-refractivity contribution is 0.325. The Hall–Kier alpha value is -1.29. The fourth-order valence-corrected chi connectivity index (χ4v) is 3.17. The lowest BCUT2D eigenvalue weighted by Crippen LogP contribution is -2.21. The molecule has 1 aliphatic rings. The van der Waals surface area contributed by atoms with Gasteiger partial charge in [0.15, 0.2) is 0 Å². The van der Waals surface area contributed by atoms with Gasteiger partial charge in [-0.15, -0.1) is 0 Å². The van der Waals surface area contributed by atoms with Gasteiger partial charge in [0.1, 0.15) is 0 Å². The van der Waals surface area contributed by atoms with E-state index in [1.807, 2.05) is 0 Å². The van der Waals surface area contributed by atoms with Crippen molar-refractivity contribution in [2.45, 2.75) is 64.7 Å². The molecule has 0 saturated heterocycles. The molecule has 1 heteroatoms. The zero-order chi connectivity index (χ0) is 13.7. The molecule has 1 nitrogen and oxygen atoms in total. The second-order valence-corrected chi connectivity index (χ2v) is 6.09. The standard InChI is InChI=1S/C18H25N/c1-3-10-18(14-19,11-4-2)13-15-6-5-7-17(12-15)16-8-9-16/h5-7,12,16H,3-4,8-11,13H2,1-2H3.